The molecule has 3 saturated heterocycles. The molecule has 0 aromatic heterocycles. The predicted molar refractivity (Wildman–Crippen MR) is 118 cm³/mol. The summed E-state index contributed by atoms with van der Waals surface area (Å²) in [5.74, 6) is -2.52. The average molecular weight is 515 g/mol. The minimum absolute atomic E-state index is 0.168. The highest BCUT2D eigenvalue weighted by atomic mass is 79.9. The standard InChI is InChI=1S/C21H25BrClN3O5/c1-3-12(9-27)26-17(19(29)25-11-6-4-10(23)5-7-11)21-8-13(22)16(31-21)14(18(28)24-2)15(21)20(26)30/h4-7,12-17,27H,3,8-9H2,1-2H3,(H,24,28)(H,25,29)/t12-,13?,14+,15-,16+,17?,21?/m0/s1. The number of anilines is 1. The Morgan fingerprint density at radius 3 is 2.61 bits per heavy atom. The topological polar surface area (TPSA) is 108 Å². The molecule has 8 nitrogen and oxygen atoms in total. The van der Waals surface area contributed by atoms with E-state index in [1.165, 1.54) is 11.9 Å². The molecule has 3 unspecified atom stereocenters. The summed E-state index contributed by atoms with van der Waals surface area (Å²) in [5.41, 5.74) is -0.615. The van der Waals surface area contributed by atoms with E-state index in [1.54, 1.807) is 24.3 Å². The van der Waals surface area contributed by atoms with Gasteiger partial charge in [0.2, 0.25) is 17.7 Å². The number of carbonyl (C=O) groups is 3. The lowest BCUT2D eigenvalue weighted by atomic mass is 9.70. The minimum Gasteiger partial charge on any atom is -0.394 e. The van der Waals surface area contributed by atoms with Crippen LogP contribution >= 0.6 is 27.5 Å². The molecule has 10 heteroatoms. The van der Waals surface area contributed by atoms with Gasteiger partial charge in [-0.2, -0.15) is 0 Å². The number of halogens is 2. The first-order valence-electron chi connectivity index (χ1n) is 10.3. The van der Waals surface area contributed by atoms with E-state index < -0.39 is 41.5 Å². The van der Waals surface area contributed by atoms with E-state index in [9.17, 15) is 19.5 Å². The number of alkyl halides is 1. The van der Waals surface area contributed by atoms with Crippen LogP contribution in [-0.2, 0) is 19.1 Å². The second-order valence-electron chi connectivity index (χ2n) is 8.26. The van der Waals surface area contributed by atoms with Gasteiger partial charge >= 0.3 is 0 Å². The molecule has 2 bridgehead atoms. The first-order chi connectivity index (χ1) is 14.8. The van der Waals surface area contributed by atoms with Crippen LogP contribution in [0.1, 0.15) is 19.8 Å². The first kappa shape index (κ1) is 22.5. The van der Waals surface area contributed by atoms with E-state index in [1.807, 2.05) is 6.92 Å². The number of amides is 3. The number of nitrogens with one attached hydrogen (secondary N) is 2. The summed E-state index contributed by atoms with van der Waals surface area (Å²) in [5, 5.41) is 16.0. The summed E-state index contributed by atoms with van der Waals surface area (Å²) in [6.07, 6.45) is 0.372. The third-order valence-corrected chi connectivity index (χ3v) is 7.81. The Balaban J connectivity index is 1.76. The molecule has 3 aliphatic rings. The highest BCUT2D eigenvalue weighted by Crippen LogP contribution is 2.60. The number of benzene rings is 1. The molecule has 3 N–H and O–H groups in total. The van der Waals surface area contributed by atoms with Gasteiger partial charge in [-0.3, -0.25) is 14.4 Å². The monoisotopic (exact) mass is 513 g/mol. The van der Waals surface area contributed by atoms with Gasteiger partial charge in [0, 0.05) is 22.6 Å². The van der Waals surface area contributed by atoms with Gasteiger partial charge in [0.1, 0.15) is 11.6 Å². The van der Waals surface area contributed by atoms with E-state index in [2.05, 4.69) is 26.6 Å². The fourth-order valence-electron chi connectivity index (χ4n) is 5.38. The fourth-order valence-corrected chi connectivity index (χ4v) is 6.45. The van der Waals surface area contributed by atoms with Crippen molar-refractivity contribution in [2.24, 2.45) is 11.8 Å². The Morgan fingerprint density at radius 2 is 2.03 bits per heavy atom. The number of hydrogen-bond donors (Lipinski definition) is 3. The Hall–Kier alpha value is -1.68. The lowest BCUT2D eigenvalue weighted by Gasteiger charge is -2.36. The molecule has 3 aliphatic heterocycles. The van der Waals surface area contributed by atoms with Gasteiger partial charge in [0.25, 0.3) is 0 Å². The van der Waals surface area contributed by atoms with Crippen LogP contribution < -0.4 is 10.6 Å². The maximum absolute atomic E-state index is 13.6. The van der Waals surface area contributed by atoms with Crippen molar-refractivity contribution >= 4 is 50.9 Å². The molecule has 7 atom stereocenters. The second-order valence-corrected chi connectivity index (χ2v) is 9.88. The summed E-state index contributed by atoms with van der Waals surface area (Å²) in [6.45, 7) is 1.55. The SMILES string of the molecule is CC[C@@H](CO)N1C(=O)[C@@H]2[C@@H](C(=O)NC)[C@@H]3OC2(CC3Br)C1C(=O)Nc1ccc(Cl)cc1. The molecule has 0 radical (unpaired) electrons. The number of fused-ring (bicyclic) bond motifs is 1. The molecule has 0 aliphatic carbocycles. The summed E-state index contributed by atoms with van der Waals surface area (Å²) in [7, 11) is 1.52. The molecule has 4 rings (SSSR count). The number of ether oxygens (including phenoxy) is 1. The Bertz CT molecular complexity index is 896. The normalized spacial score (nSPS) is 34.5. The number of likely N-dealkylation sites (tertiary alicyclic amines) is 1. The Kier molecular flexibility index (Phi) is 6.06. The van der Waals surface area contributed by atoms with Gasteiger partial charge < -0.3 is 25.4 Å². The van der Waals surface area contributed by atoms with Crippen LogP contribution in [-0.4, -0.2) is 70.0 Å². The van der Waals surface area contributed by atoms with E-state index in [4.69, 9.17) is 16.3 Å². The fraction of sp³-hybridized carbons (Fsp3) is 0.571. The van der Waals surface area contributed by atoms with Crippen LogP contribution in [0.25, 0.3) is 0 Å². The van der Waals surface area contributed by atoms with E-state index in [0.29, 0.717) is 23.6 Å². The number of aliphatic hydroxyl groups excluding tert-OH is 1. The van der Waals surface area contributed by atoms with Crippen LogP contribution in [0.3, 0.4) is 0 Å². The van der Waals surface area contributed by atoms with E-state index in [-0.39, 0.29) is 23.2 Å². The molecular weight excluding hydrogens is 490 g/mol. The molecule has 3 fully saturated rings. The quantitative estimate of drug-likeness (QED) is 0.499. The first-order valence-corrected chi connectivity index (χ1v) is 11.6. The van der Waals surface area contributed by atoms with Crippen molar-refractivity contribution in [1.29, 1.82) is 0 Å². The van der Waals surface area contributed by atoms with Crippen molar-refractivity contribution < 1.29 is 24.2 Å². The summed E-state index contributed by atoms with van der Waals surface area (Å²) in [6, 6.07) is 5.13. The lowest BCUT2D eigenvalue weighted by Crippen LogP contribution is -2.56. The van der Waals surface area contributed by atoms with Crippen molar-refractivity contribution in [3.8, 4) is 0 Å². The number of rotatable bonds is 6. The second kappa shape index (κ2) is 8.35. The van der Waals surface area contributed by atoms with Gasteiger partial charge in [0.05, 0.1) is 30.6 Å². The van der Waals surface area contributed by atoms with Crippen LogP contribution in [0.15, 0.2) is 24.3 Å². The minimum atomic E-state index is -1.15. The molecule has 1 spiro atoms. The molecule has 1 aromatic carbocycles. The molecule has 1 aromatic rings. The number of hydrogen-bond acceptors (Lipinski definition) is 5. The van der Waals surface area contributed by atoms with Crippen LogP contribution in [0, 0.1) is 11.8 Å². The predicted octanol–water partition coefficient (Wildman–Crippen LogP) is 1.54. The maximum Gasteiger partial charge on any atom is 0.250 e. The zero-order valence-corrected chi connectivity index (χ0v) is 19.5. The number of nitrogens with zero attached hydrogens (tertiary/aromatic N) is 1. The van der Waals surface area contributed by atoms with Gasteiger partial charge in [0.15, 0.2) is 0 Å². The van der Waals surface area contributed by atoms with Crippen LogP contribution in [0.2, 0.25) is 5.02 Å². The third-order valence-electron chi connectivity index (χ3n) is 6.71. The van der Waals surface area contributed by atoms with Gasteiger partial charge in [-0.05, 0) is 37.1 Å². The maximum atomic E-state index is 13.6. The summed E-state index contributed by atoms with van der Waals surface area (Å²) in [4.78, 5) is 41.2. The molecular formula is C21H25BrClN3O5. The highest BCUT2D eigenvalue weighted by molar-refractivity contribution is 9.09. The molecule has 3 heterocycles. The van der Waals surface area contributed by atoms with Crippen molar-refractivity contribution in [1.82, 2.24) is 10.2 Å². The van der Waals surface area contributed by atoms with Crippen molar-refractivity contribution in [2.45, 2.75) is 48.4 Å². The summed E-state index contributed by atoms with van der Waals surface area (Å²) < 4.78 is 6.33. The van der Waals surface area contributed by atoms with Crippen LogP contribution in [0.5, 0.6) is 0 Å². The lowest BCUT2D eigenvalue weighted by molar-refractivity contribution is -0.144. The van der Waals surface area contributed by atoms with E-state index in [0.717, 1.165) is 0 Å². The zero-order chi connectivity index (χ0) is 22.5. The van der Waals surface area contributed by atoms with Crippen molar-refractivity contribution in [3.05, 3.63) is 29.3 Å². The van der Waals surface area contributed by atoms with Gasteiger partial charge in [-0.15, -0.1) is 0 Å². The largest absolute Gasteiger partial charge is 0.394 e. The Labute approximate surface area is 193 Å². The van der Waals surface area contributed by atoms with Crippen LogP contribution in [0.4, 0.5) is 5.69 Å². The zero-order valence-electron chi connectivity index (χ0n) is 17.2. The number of carbonyl (C=O) groups excluding carboxylic acids is 3. The highest BCUT2D eigenvalue weighted by Gasteiger charge is 2.76. The van der Waals surface area contributed by atoms with E-state index >= 15 is 0 Å². The third kappa shape index (κ3) is 3.37. The number of aliphatic hydroxyl groups is 1. The van der Waals surface area contributed by atoms with Gasteiger partial charge in [-0.25, -0.2) is 0 Å². The Morgan fingerprint density at radius 1 is 1.35 bits per heavy atom. The molecule has 3 amide bonds. The van der Waals surface area contributed by atoms with Crippen molar-refractivity contribution in [2.75, 3.05) is 19.0 Å². The summed E-state index contributed by atoms with van der Waals surface area (Å²) >= 11 is 9.54. The molecule has 0 saturated carbocycles. The molecule has 31 heavy (non-hydrogen) atoms. The van der Waals surface area contributed by atoms with Crippen molar-refractivity contribution in [3.63, 3.8) is 0 Å². The average Bonchev–Trinajstić information content (AvgIpc) is 3.34. The molecule has 168 valence electrons. The van der Waals surface area contributed by atoms with Gasteiger partial charge in [-0.1, -0.05) is 34.5 Å². The smallest absolute Gasteiger partial charge is 0.250 e.